The van der Waals surface area contributed by atoms with E-state index in [4.69, 9.17) is 9.47 Å². The summed E-state index contributed by atoms with van der Waals surface area (Å²) in [4.78, 5) is 0. The van der Waals surface area contributed by atoms with Crippen LogP contribution < -0.4 is 0 Å². The molecule has 78 valence electrons. The number of rotatable bonds is 2. The Morgan fingerprint density at radius 3 is 2.38 bits per heavy atom. The lowest BCUT2D eigenvalue weighted by atomic mass is 10.0. The molecule has 0 aromatic rings. The lowest BCUT2D eigenvalue weighted by molar-refractivity contribution is -0.288. The average Bonchev–Trinajstić information content (AvgIpc) is 2.11. The van der Waals surface area contributed by atoms with Gasteiger partial charge in [-0.1, -0.05) is 0 Å². The predicted octanol–water partition coefficient (Wildman–Crippen LogP) is -1.34. The molecule has 0 aromatic carbocycles. The Morgan fingerprint density at radius 1 is 1.23 bits per heavy atom. The van der Waals surface area contributed by atoms with E-state index in [-0.39, 0.29) is 0 Å². The number of ether oxygens (including phenoxy) is 2. The first-order valence-electron chi connectivity index (χ1n) is 4.09. The highest BCUT2D eigenvalue weighted by Gasteiger charge is 2.42. The molecule has 3 N–H and O–H groups in total. The summed E-state index contributed by atoms with van der Waals surface area (Å²) >= 11 is 0. The van der Waals surface area contributed by atoms with Crippen LogP contribution in [0, 0.1) is 0 Å². The lowest BCUT2D eigenvalue weighted by Gasteiger charge is -2.38. The zero-order chi connectivity index (χ0) is 10.0. The third kappa shape index (κ3) is 2.37. The van der Waals surface area contributed by atoms with Crippen molar-refractivity contribution in [2.45, 2.75) is 37.6 Å². The molecule has 1 heterocycles. The molecule has 3 unspecified atom stereocenters. The minimum Gasteiger partial charge on any atom is -0.388 e. The maximum absolute atomic E-state index is 9.39. The molecule has 0 saturated carbocycles. The van der Waals surface area contributed by atoms with Crippen LogP contribution in [-0.4, -0.2) is 52.4 Å². The number of aliphatic hydroxyl groups excluding tert-OH is 3. The second-order valence-corrected chi connectivity index (χ2v) is 3.35. The predicted molar refractivity (Wildman–Crippen MR) is 48.0 cm³/mol. The number of hydrogen-bond donors (Lipinski definition) is 3. The largest absolute Gasteiger partial charge is 0.388 e. The molecule has 1 fully saturated rings. The van der Waals surface area contributed by atoms with Crippen LogP contribution in [0.25, 0.3) is 0 Å². The average molecular weight is 210 g/mol. The first kappa shape index (κ1) is 11.3. The molecule has 0 aromatic heterocycles. The summed E-state index contributed by atoms with van der Waals surface area (Å²) in [6.07, 6.45) is -4.60. The third-order valence-corrected chi connectivity index (χ3v) is 2.26. The van der Waals surface area contributed by atoms with Gasteiger partial charge in [-0.25, -0.2) is 0 Å². The Labute approximate surface area is 78.9 Å². The summed E-state index contributed by atoms with van der Waals surface area (Å²) in [5.74, 6) is 0. The minimum atomic E-state index is -1.22. The van der Waals surface area contributed by atoms with Gasteiger partial charge in [0.05, 0.1) is 12.5 Å². The topological polar surface area (TPSA) is 79.2 Å². The van der Waals surface area contributed by atoms with Crippen LogP contribution in [-0.2, 0) is 9.47 Å². The van der Waals surface area contributed by atoms with Crippen molar-refractivity contribution in [3.8, 4) is 0 Å². The molecule has 5 nitrogen and oxygen atoms in total. The first-order chi connectivity index (χ1) is 6.07. The zero-order valence-corrected chi connectivity index (χ0v) is 8.48. The van der Waals surface area contributed by atoms with Gasteiger partial charge in [0.25, 0.3) is 0 Å². The van der Waals surface area contributed by atoms with Crippen LogP contribution in [0.2, 0.25) is 0 Å². The summed E-state index contributed by atoms with van der Waals surface area (Å²) in [7, 11) is 2.32. The Morgan fingerprint density at radius 2 is 1.85 bits per heavy atom. The molecule has 0 amide bonds. The molecular formula is C7H15O5P. The van der Waals surface area contributed by atoms with Crippen LogP contribution in [0.3, 0.4) is 0 Å². The van der Waals surface area contributed by atoms with Gasteiger partial charge in [0.1, 0.15) is 18.3 Å². The van der Waals surface area contributed by atoms with E-state index in [1.54, 1.807) is 6.92 Å². The number of aliphatic hydroxyl groups is 3. The molecular weight excluding hydrogens is 195 g/mol. The molecule has 0 spiro atoms. The van der Waals surface area contributed by atoms with Gasteiger partial charge in [0.2, 0.25) is 0 Å². The van der Waals surface area contributed by atoms with Crippen LogP contribution >= 0.6 is 9.24 Å². The van der Waals surface area contributed by atoms with E-state index in [1.165, 1.54) is 0 Å². The van der Waals surface area contributed by atoms with E-state index in [9.17, 15) is 15.3 Å². The maximum Gasteiger partial charge on any atom is 0.186 e. The van der Waals surface area contributed by atoms with Crippen molar-refractivity contribution in [1.82, 2.24) is 0 Å². The van der Waals surface area contributed by atoms with E-state index in [1.807, 2.05) is 0 Å². The molecule has 1 aliphatic heterocycles. The van der Waals surface area contributed by atoms with Gasteiger partial charge in [0, 0.05) is 0 Å². The SMILES string of the molecule is CC1O[C@H](OCP)C(O)[C@@H](O)[C@H]1O. The highest BCUT2D eigenvalue weighted by Crippen LogP contribution is 2.21. The van der Waals surface area contributed by atoms with Crippen LogP contribution in [0.4, 0.5) is 0 Å². The maximum atomic E-state index is 9.39. The number of hydrogen-bond acceptors (Lipinski definition) is 5. The van der Waals surface area contributed by atoms with Crippen molar-refractivity contribution in [3.05, 3.63) is 0 Å². The van der Waals surface area contributed by atoms with Gasteiger partial charge in [0.15, 0.2) is 6.29 Å². The van der Waals surface area contributed by atoms with Crippen LogP contribution in [0.15, 0.2) is 0 Å². The van der Waals surface area contributed by atoms with Crippen molar-refractivity contribution in [2.75, 3.05) is 6.35 Å². The van der Waals surface area contributed by atoms with Gasteiger partial charge in [-0.05, 0) is 6.92 Å². The Kier molecular flexibility index (Phi) is 4.04. The Bertz CT molecular complexity index is 167. The summed E-state index contributed by atoms with van der Waals surface area (Å²) in [5, 5.41) is 28.0. The van der Waals surface area contributed by atoms with Crippen LogP contribution in [0.1, 0.15) is 6.92 Å². The summed E-state index contributed by atoms with van der Waals surface area (Å²) in [6, 6.07) is 0. The minimum absolute atomic E-state index is 0.303. The zero-order valence-electron chi connectivity index (χ0n) is 7.33. The summed E-state index contributed by atoms with van der Waals surface area (Å²) < 4.78 is 10.1. The molecule has 0 bridgehead atoms. The molecule has 1 aliphatic rings. The smallest absolute Gasteiger partial charge is 0.186 e. The molecule has 1 rings (SSSR count). The highest BCUT2D eigenvalue weighted by atomic mass is 31.0. The molecule has 6 heteroatoms. The third-order valence-electron chi connectivity index (χ3n) is 2.07. The van der Waals surface area contributed by atoms with E-state index in [2.05, 4.69) is 9.24 Å². The second kappa shape index (κ2) is 4.64. The fourth-order valence-corrected chi connectivity index (χ4v) is 1.44. The van der Waals surface area contributed by atoms with Crippen LogP contribution in [0.5, 0.6) is 0 Å². The normalized spacial score (nSPS) is 46.4. The Hall–Kier alpha value is 0.230. The molecule has 0 aliphatic carbocycles. The first-order valence-corrected chi connectivity index (χ1v) is 4.91. The summed E-state index contributed by atoms with van der Waals surface area (Å²) in [6.45, 7) is 1.61. The monoisotopic (exact) mass is 210 g/mol. The van der Waals surface area contributed by atoms with E-state index < -0.39 is 30.7 Å². The van der Waals surface area contributed by atoms with Crippen molar-refractivity contribution >= 4 is 9.24 Å². The van der Waals surface area contributed by atoms with Gasteiger partial charge in [-0.15, -0.1) is 9.24 Å². The molecule has 0 radical (unpaired) electrons. The van der Waals surface area contributed by atoms with Gasteiger partial charge in [-0.3, -0.25) is 0 Å². The van der Waals surface area contributed by atoms with Crippen molar-refractivity contribution in [1.29, 1.82) is 0 Å². The fraction of sp³-hybridized carbons (Fsp3) is 1.00. The highest BCUT2D eigenvalue weighted by molar-refractivity contribution is 7.16. The van der Waals surface area contributed by atoms with Crippen molar-refractivity contribution in [3.63, 3.8) is 0 Å². The lowest BCUT2D eigenvalue weighted by Crippen LogP contribution is -2.57. The molecule has 13 heavy (non-hydrogen) atoms. The molecule has 1 saturated heterocycles. The molecule has 6 atom stereocenters. The Balaban J connectivity index is 2.59. The van der Waals surface area contributed by atoms with E-state index in [0.29, 0.717) is 6.35 Å². The van der Waals surface area contributed by atoms with Gasteiger partial charge in [-0.2, -0.15) is 0 Å². The standard InChI is InChI=1S/C7H15O5P/c1-3-4(8)5(9)6(10)7(12-3)11-2-13/h3-10H,2,13H2,1H3/t3?,4-,5-,6?,7-/m0/s1. The van der Waals surface area contributed by atoms with E-state index in [0.717, 1.165) is 0 Å². The van der Waals surface area contributed by atoms with E-state index >= 15 is 0 Å². The second-order valence-electron chi connectivity index (χ2n) is 3.01. The van der Waals surface area contributed by atoms with Gasteiger partial charge < -0.3 is 24.8 Å². The van der Waals surface area contributed by atoms with Gasteiger partial charge >= 0.3 is 0 Å². The van der Waals surface area contributed by atoms with Crippen molar-refractivity contribution in [2.24, 2.45) is 0 Å². The summed E-state index contributed by atoms with van der Waals surface area (Å²) in [5.41, 5.74) is 0. The fourth-order valence-electron chi connectivity index (χ4n) is 1.25. The quantitative estimate of drug-likeness (QED) is 0.492. The van der Waals surface area contributed by atoms with Crippen molar-refractivity contribution < 1.29 is 24.8 Å².